The largest absolute Gasteiger partial charge is 0.462 e. The Balaban J connectivity index is 4.35. The minimum atomic E-state index is -0.798. The van der Waals surface area contributed by atoms with Crippen molar-refractivity contribution in [2.75, 3.05) is 13.2 Å². The highest BCUT2D eigenvalue weighted by Gasteiger charge is 2.19. The predicted molar refractivity (Wildman–Crippen MR) is 316 cm³/mol. The van der Waals surface area contributed by atoms with E-state index < -0.39 is 6.10 Å². The van der Waals surface area contributed by atoms with Crippen LogP contribution >= 0.6 is 0 Å². The third kappa shape index (κ3) is 58.6. The molecule has 0 aromatic rings. The van der Waals surface area contributed by atoms with Gasteiger partial charge in [0.25, 0.3) is 0 Å². The van der Waals surface area contributed by atoms with Crippen molar-refractivity contribution in [1.82, 2.24) is 0 Å². The van der Waals surface area contributed by atoms with Crippen molar-refractivity contribution in [3.8, 4) is 0 Å². The van der Waals surface area contributed by atoms with E-state index in [-0.39, 0.29) is 31.1 Å². The number of ether oxygens (including phenoxy) is 3. The molecule has 0 heterocycles. The Hall–Kier alpha value is -4.19. The van der Waals surface area contributed by atoms with Gasteiger partial charge in [-0.15, -0.1) is 0 Å². The molecule has 0 radical (unpaired) electrons. The summed E-state index contributed by atoms with van der Waals surface area (Å²) < 4.78 is 16.8. The second-order valence-electron chi connectivity index (χ2n) is 19.5. The van der Waals surface area contributed by atoms with Crippen molar-refractivity contribution in [3.63, 3.8) is 0 Å². The van der Waals surface area contributed by atoms with E-state index in [2.05, 4.69) is 142 Å². The van der Waals surface area contributed by atoms with Gasteiger partial charge in [-0.05, 0) is 128 Å². The molecule has 6 heteroatoms. The highest BCUT2D eigenvalue weighted by Crippen LogP contribution is 2.14. The first-order valence-electron chi connectivity index (χ1n) is 30.0. The van der Waals surface area contributed by atoms with Crippen LogP contribution in [0, 0.1) is 0 Å². The van der Waals surface area contributed by atoms with Crippen LogP contribution in [-0.2, 0) is 28.6 Å². The summed E-state index contributed by atoms with van der Waals surface area (Å²) in [5, 5.41) is 0. The molecule has 73 heavy (non-hydrogen) atoms. The molecule has 0 amide bonds. The van der Waals surface area contributed by atoms with E-state index >= 15 is 0 Å². The fourth-order valence-corrected chi connectivity index (χ4v) is 7.92. The fourth-order valence-electron chi connectivity index (χ4n) is 7.92. The van der Waals surface area contributed by atoms with Gasteiger partial charge >= 0.3 is 17.9 Å². The minimum absolute atomic E-state index is 0.0952. The van der Waals surface area contributed by atoms with Gasteiger partial charge in [-0.3, -0.25) is 14.4 Å². The Morgan fingerprint density at radius 3 is 0.890 bits per heavy atom. The first-order valence-corrected chi connectivity index (χ1v) is 30.0. The summed E-state index contributed by atoms with van der Waals surface area (Å²) >= 11 is 0. The number of unbranched alkanes of at least 4 members (excludes halogenated alkanes) is 22. The van der Waals surface area contributed by atoms with Crippen LogP contribution in [0.5, 0.6) is 0 Å². The van der Waals surface area contributed by atoms with Crippen LogP contribution in [0.1, 0.15) is 265 Å². The van der Waals surface area contributed by atoms with Crippen LogP contribution in [0.25, 0.3) is 0 Å². The lowest BCUT2D eigenvalue weighted by molar-refractivity contribution is -0.167. The van der Waals surface area contributed by atoms with Crippen LogP contribution in [0.4, 0.5) is 0 Å². The number of esters is 3. The molecule has 0 aromatic heterocycles. The van der Waals surface area contributed by atoms with Gasteiger partial charge in [0, 0.05) is 19.3 Å². The number of allylic oxidation sites excluding steroid dienone is 20. The van der Waals surface area contributed by atoms with E-state index in [1.165, 1.54) is 64.2 Å². The molecule has 0 saturated carbocycles. The highest BCUT2D eigenvalue weighted by molar-refractivity contribution is 5.71. The van der Waals surface area contributed by atoms with E-state index in [0.717, 1.165) is 161 Å². The Kier molecular flexibility index (Phi) is 56.9. The zero-order valence-electron chi connectivity index (χ0n) is 47.4. The molecule has 1 unspecified atom stereocenters. The SMILES string of the molecule is CC/C=C\C/C=C\C/C=C\C/C=C\C/C=C\C/C=C\CCCCCCCCCCC(=O)OCC(COC(=O)CCCCCCC/C=C\C/C=C\CCC)OC(=O)CCCCCCC/C=C\C/C=C\CCCCC. The van der Waals surface area contributed by atoms with Gasteiger partial charge in [-0.1, -0.05) is 239 Å². The van der Waals surface area contributed by atoms with Gasteiger partial charge < -0.3 is 14.2 Å². The van der Waals surface area contributed by atoms with E-state index in [4.69, 9.17) is 14.2 Å². The third-order valence-electron chi connectivity index (χ3n) is 12.4. The summed E-state index contributed by atoms with van der Waals surface area (Å²) in [6.45, 7) is 6.40. The lowest BCUT2D eigenvalue weighted by Gasteiger charge is -2.18. The lowest BCUT2D eigenvalue weighted by Crippen LogP contribution is -2.30. The maximum absolute atomic E-state index is 12.9. The number of carbonyl (C=O) groups excluding carboxylic acids is 3. The van der Waals surface area contributed by atoms with Crippen molar-refractivity contribution in [2.45, 2.75) is 271 Å². The molecule has 0 aliphatic rings. The molecule has 0 fully saturated rings. The molecular formula is C67H110O6. The summed E-state index contributed by atoms with van der Waals surface area (Å²) in [5.74, 6) is -0.931. The molecule has 0 rings (SSSR count). The first-order chi connectivity index (χ1) is 36.0. The molecular weight excluding hydrogens is 901 g/mol. The fraction of sp³-hybridized carbons (Fsp3) is 0.657. The minimum Gasteiger partial charge on any atom is -0.462 e. The van der Waals surface area contributed by atoms with Crippen molar-refractivity contribution in [3.05, 3.63) is 122 Å². The quantitative estimate of drug-likeness (QED) is 0.0261. The predicted octanol–water partition coefficient (Wildman–Crippen LogP) is 20.4. The van der Waals surface area contributed by atoms with Crippen LogP contribution in [0.15, 0.2) is 122 Å². The second-order valence-corrected chi connectivity index (χ2v) is 19.5. The second kappa shape index (κ2) is 60.4. The molecule has 0 N–H and O–H groups in total. The van der Waals surface area contributed by atoms with Crippen LogP contribution in [0.2, 0.25) is 0 Å². The first kappa shape index (κ1) is 68.8. The molecule has 0 aliphatic heterocycles. The third-order valence-corrected chi connectivity index (χ3v) is 12.4. The number of hydrogen-bond donors (Lipinski definition) is 0. The summed E-state index contributed by atoms with van der Waals surface area (Å²) in [6.07, 6.45) is 83.3. The van der Waals surface area contributed by atoms with E-state index in [0.29, 0.717) is 19.3 Å². The van der Waals surface area contributed by atoms with Crippen LogP contribution in [-0.4, -0.2) is 37.2 Å². The van der Waals surface area contributed by atoms with E-state index in [1.807, 2.05) is 0 Å². The molecule has 0 aliphatic carbocycles. The maximum atomic E-state index is 12.9. The Bertz CT molecular complexity index is 1540. The summed E-state index contributed by atoms with van der Waals surface area (Å²) in [6, 6.07) is 0. The summed E-state index contributed by atoms with van der Waals surface area (Å²) in [5.41, 5.74) is 0. The molecule has 414 valence electrons. The molecule has 0 spiro atoms. The molecule has 0 saturated heterocycles. The zero-order valence-corrected chi connectivity index (χ0v) is 47.4. The number of carbonyl (C=O) groups is 3. The topological polar surface area (TPSA) is 78.9 Å². The molecule has 0 bridgehead atoms. The van der Waals surface area contributed by atoms with Gasteiger partial charge in [0.15, 0.2) is 6.10 Å². The van der Waals surface area contributed by atoms with Crippen LogP contribution in [0.3, 0.4) is 0 Å². The Labute approximate surface area is 450 Å². The number of rotatable bonds is 53. The van der Waals surface area contributed by atoms with Crippen molar-refractivity contribution in [2.24, 2.45) is 0 Å². The summed E-state index contributed by atoms with van der Waals surface area (Å²) in [4.78, 5) is 38.2. The normalized spacial score (nSPS) is 13.0. The molecule has 1 atom stereocenters. The highest BCUT2D eigenvalue weighted by atomic mass is 16.6. The van der Waals surface area contributed by atoms with Crippen molar-refractivity contribution in [1.29, 1.82) is 0 Å². The van der Waals surface area contributed by atoms with Gasteiger partial charge in [0.05, 0.1) is 0 Å². The average Bonchev–Trinajstić information content (AvgIpc) is 3.39. The van der Waals surface area contributed by atoms with Gasteiger partial charge in [-0.2, -0.15) is 0 Å². The van der Waals surface area contributed by atoms with Gasteiger partial charge in [-0.25, -0.2) is 0 Å². The Morgan fingerprint density at radius 1 is 0.288 bits per heavy atom. The smallest absolute Gasteiger partial charge is 0.306 e. The van der Waals surface area contributed by atoms with Gasteiger partial charge in [0.1, 0.15) is 13.2 Å². The van der Waals surface area contributed by atoms with E-state index in [9.17, 15) is 14.4 Å². The van der Waals surface area contributed by atoms with Crippen molar-refractivity contribution < 1.29 is 28.6 Å². The maximum Gasteiger partial charge on any atom is 0.306 e. The lowest BCUT2D eigenvalue weighted by atomic mass is 10.1. The van der Waals surface area contributed by atoms with Gasteiger partial charge in [0.2, 0.25) is 0 Å². The average molecular weight is 1010 g/mol. The summed E-state index contributed by atoms with van der Waals surface area (Å²) in [7, 11) is 0. The number of hydrogen-bond acceptors (Lipinski definition) is 6. The van der Waals surface area contributed by atoms with Crippen molar-refractivity contribution >= 4 is 17.9 Å². The molecule has 0 aromatic carbocycles. The monoisotopic (exact) mass is 1010 g/mol. The van der Waals surface area contributed by atoms with Crippen LogP contribution < -0.4 is 0 Å². The standard InChI is InChI=1S/C67H110O6/c1-4-7-10-13-16-19-22-25-27-28-29-30-31-32-33-34-35-36-37-38-40-42-45-48-51-54-57-60-66(69)72-63-64(62-71-65(68)59-56-53-50-47-44-41-24-21-18-15-12-9-6-3)73-67(70)61-58-55-52-49-46-43-39-26-23-20-17-14-11-8-5-2/h7,10,12,15-17,19-21,24-27,29-30,32-33,35-36,39,64H,4-6,8-9,11,13-14,18,22-23,28,31,34,37-38,40-63H2,1-3H3/b10-7-,15-12-,19-16-,20-17-,24-21-,27-25-,30-29-,33-32-,36-35-,39-26-. The molecule has 6 nitrogen and oxygen atoms in total. The Morgan fingerprint density at radius 2 is 0.562 bits per heavy atom. The zero-order chi connectivity index (χ0) is 52.9. The van der Waals surface area contributed by atoms with E-state index in [1.54, 1.807) is 0 Å².